The Hall–Kier alpha value is -1.63. The summed E-state index contributed by atoms with van der Waals surface area (Å²) in [5.41, 5.74) is 1.70. The van der Waals surface area contributed by atoms with Gasteiger partial charge in [-0.05, 0) is 12.1 Å². The van der Waals surface area contributed by atoms with Crippen LogP contribution in [0.15, 0.2) is 24.3 Å². The highest BCUT2D eigenvalue weighted by Gasteiger charge is 2.16. The van der Waals surface area contributed by atoms with Crippen molar-refractivity contribution in [2.24, 2.45) is 0 Å². The van der Waals surface area contributed by atoms with Gasteiger partial charge in [-0.15, -0.1) is 0 Å². The molecule has 0 unspecified atom stereocenters. The highest BCUT2D eigenvalue weighted by Crippen LogP contribution is 2.35. The minimum Gasteiger partial charge on any atom is -0.495 e. The lowest BCUT2D eigenvalue weighted by Gasteiger charge is -2.18. The second-order valence-corrected chi connectivity index (χ2v) is 5.25. The Bertz CT molecular complexity index is 571. The maximum absolute atomic E-state index is 9.38. The largest absolute Gasteiger partial charge is 0.495 e. The van der Waals surface area contributed by atoms with Crippen LogP contribution in [0.1, 0.15) is 10.6 Å². The van der Waals surface area contributed by atoms with Gasteiger partial charge in [0.15, 0.2) is 5.13 Å². The molecule has 2 rings (SSSR count). The molecule has 5 nitrogen and oxygen atoms in total. The van der Waals surface area contributed by atoms with Crippen molar-refractivity contribution in [3.8, 4) is 5.75 Å². The number of anilines is 2. The predicted octanol–water partition coefficient (Wildman–Crippen LogP) is 2.56. The molecule has 2 aromatic rings. The van der Waals surface area contributed by atoms with E-state index < -0.39 is 0 Å². The summed E-state index contributed by atoms with van der Waals surface area (Å²) in [7, 11) is 5.18. The molecule has 0 aliphatic heterocycles. The number of aliphatic hydroxyl groups excluding tert-OH is 1. The standard InChI is InChI=1S/C14H18N2O3S/c1-16(11-6-4-5-7-12(11)19-3)14-15-10(9-18-2)13(8-17)20-14/h4-7,17H,8-9H2,1-3H3. The average molecular weight is 294 g/mol. The SMILES string of the molecule is COCc1nc(N(C)c2ccccc2OC)sc1CO. The van der Waals surface area contributed by atoms with Crippen LogP contribution in [0.25, 0.3) is 0 Å². The van der Waals surface area contributed by atoms with E-state index in [4.69, 9.17) is 9.47 Å². The Morgan fingerprint density at radius 2 is 2.05 bits per heavy atom. The quantitative estimate of drug-likeness (QED) is 0.887. The van der Waals surface area contributed by atoms with Gasteiger partial charge in [-0.25, -0.2) is 4.98 Å². The normalized spacial score (nSPS) is 10.6. The second kappa shape index (κ2) is 6.69. The molecule has 1 heterocycles. The zero-order chi connectivity index (χ0) is 14.5. The zero-order valence-corrected chi connectivity index (χ0v) is 12.6. The maximum atomic E-state index is 9.38. The summed E-state index contributed by atoms with van der Waals surface area (Å²) >= 11 is 1.45. The zero-order valence-electron chi connectivity index (χ0n) is 11.8. The Balaban J connectivity index is 2.35. The molecule has 0 atom stereocenters. The number of hydrogen-bond acceptors (Lipinski definition) is 6. The van der Waals surface area contributed by atoms with Gasteiger partial charge < -0.3 is 19.5 Å². The molecule has 0 spiro atoms. The summed E-state index contributed by atoms with van der Waals surface area (Å²) in [5, 5.41) is 10.2. The number of methoxy groups -OCH3 is 2. The number of aliphatic hydroxyl groups is 1. The molecule has 0 saturated heterocycles. The fourth-order valence-electron chi connectivity index (χ4n) is 1.90. The molecule has 1 aromatic heterocycles. The molecule has 6 heteroatoms. The monoisotopic (exact) mass is 294 g/mol. The summed E-state index contributed by atoms with van der Waals surface area (Å²) in [4.78, 5) is 7.30. The Morgan fingerprint density at radius 1 is 1.30 bits per heavy atom. The van der Waals surface area contributed by atoms with E-state index in [0.29, 0.717) is 6.61 Å². The van der Waals surface area contributed by atoms with Crippen molar-refractivity contribution in [1.29, 1.82) is 0 Å². The molecular weight excluding hydrogens is 276 g/mol. The van der Waals surface area contributed by atoms with Crippen molar-refractivity contribution < 1.29 is 14.6 Å². The first kappa shape index (κ1) is 14.8. The van der Waals surface area contributed by atoms with Gasteiger partial charge in [0.05, 0.1) is 36.6 Å². The fourth-order valence-corrected chi connectivity index (χ4v) is 2.79. The first-order valence-electron chi connectivity index (χ1n) is 6.16. The Morgan fingerprint density at radius 3 is 2.70 bits per heavy atom. The van der Waals surface area contributed by atoms with E-state index in [1.165, 1.54) is 11.3 Å². The van der Waals surface area contributed by atoms with Gasteiger partial charge >= 0.3 is 0 Å². The van der Waals surface area contributed by atoms with Crippen molar-refractivity contribution in [3.63, 3.8) is 0 Å². The van der Waals surface area contributed by atoms with E-state index in [0.717, 1.165) is 27.1 Å². The molecule has 1 aromatic carbocycles. The van der Waals surface area contributed by atoms with Gasteiger partial charge in [0.25, 0.3) is 0 Å². The molecule has 1 N–H and O–H groups in total. The van der Waals surface area contributed by atoms with Crippen LogP contribution in [0, 0.1) is 0 Å². The van der Waals surface area contributed by atoms with Gasteiger partial charge in [0.1, 0.15) is 5.75 Å². The number of nitrogens with zero attached hydrogens (tertiary/aromatic N) is 2. The average Bonchev–Trinajstić information content (AvgIpc) is 2.90. The molecule has 0 saturated carbocycles. The molecule has 0 radical (unpaired) electrons. The molecule has 0 amide bonds. The lowest BCUT2D eigenvalue weighted by Crippen LogP contribution is -2.10. The van der Waals surface area contributed by atoms with Crippen LogP contribution in [0.5, 0.6) is 5.75 Å². The van der Waals surface area contributed by atoms with Gasteiger partial charge in [-0.1, -0.05) is 23.5 Å². The summed E-state index contributed by atoms with van der Waals surface area (Å²) in [6.07, 6.45) is 0. The minimum atomic E-state index is -0.0316. The number of hydrogen-bond donors (Lipinski definition) is 1. The lowest BCUT2D eigenvalue weighted by atomic mass is 10.3. The molecule has 20 heavy (non-hydrogen) atoms. The van der Waals surface area contributed by atoms with Gasteiger partial charge in [-0.3, -0.25) is 0 Å². The third kappa shape index (κ3) is 2.92. The van der Waals surface area contributed by atoms with Crippen LogP contribution in [0.2, 0.25) is 0 Å². The third-order valence-electron chi connectivity index (χ3n) is 2.93. The number of aromatic nitrogens is 1. The van der Waals surface area contributed by atoms with E-state index in [2.05, 4.69) is 4.98 Å². The lowest BCUT2D eigenvalue weighted by molar-refractivity contribution is 0.179. The summed E-state index contributed by atoms with van der Waals surface area (Å²) in [6, 6.07) is 7.75. The highest BCUT2D eigenvalue weighted by molar-refractivity contribution is 7.15. The maximum Gasteiger partial charge on any atom is 0.190 e. The molecule has 0 aliphatic rings. The molecule has 0 bridgehead atoms. The van der Waals surface area contributed by atoms with Gasteiger partial charge in [0.2, 0.25) is 0 Å². The van der Waals surface area contributed by atoms with Crippen LogP contribution >= 0.6 is 11.3 Å². The number of thiazole rings is 1. The number of para-hydroxylation sites is 2. The van der Waals surface area contributed by atoms with Gasteiger partial charge in [-0.2, -0.15) is 0 Å². The van der Waals surface area contributed by atoms with Crippen LogP contribution in [0.4, 0.5) is 10.8 Å². The molecule has 0 fully saturated rings. The fraction of sp³-hybridized carbons (Fsp3) is 0.357. The Kier molecular flexibility index (Phi) is 4.94. The number of rotatable bonds is 6. The number of ether oxygens (including phenoxy) is 2. The van der Waals surface area contributed by atoms with Crippen molar-refractivity contribution in [3.05, 3.63) is 34.8 Å². The minimum absolute atomic E-state index is 0.0316. The summed E-state index contributed by atoms with van der Waals surface area (Å²) in [5.74, 6) is 0.782. The molecule has 108 valence electrons. The van der Waals surface area contributed by atoms with E-state index in [-0.39, 0.29) is 6.61 Å². The van der Waals surface area contributed by atoms with Crippen LogP contribution < -0.4 is 9.64 Å². The molecular formula is C14H18N2O3S. The van der Waals surface area contributed by atoms with Crippen molar-refractivity contribution in [2.45, 2.75) is 13.2 Å². The van der Waals surface area contributed by atoms with E-state index in [9.17, 15) is 5.11 Å². The summed E-state index contributed by atoms with van der Waals surface area (Å²) < 4.78 is 10.5. The summed E-state index contributed by atoms with van der Waals surface area (Å²) in [6.45, 7) is 0.363. The van der Waals surface area contributed by atoms with Crippen LogP contribution in [-0.2, 0) is 18.0 Å². The van der Waals surface area contributed by atoms with Gasteiger partial charge in [0, 0.05) is 14.2 Å². The van der Waals surface area contributed by atoms with Crippen LogP contribution in [-0.4, -0.2) is 31.4 Å². The third-order valence-corrected chi connectivity index (χ3v) is 4.08. The number of benzene rings is 1. The second-order valence-electron chi connectivity index (χ2n) is 4.19. The van der Waals surface area contributed by atoms with Crippen molar-refractivity contribution >= 4 is 22.2 Å². The predicted molar refractivity (Wildman–Crippen MR) is 79.8 cm³/mol. The Labute approximate surface area is 122 Å². The first-order valence-corrected chi connectivity index (χ1v) is 6.98. The van der Waals surface area contributed by atoms with Crippen molar-refractivity contribution in [1.82, 2.24) is 4.98 Å². The highest BCUT2D eigenvalue weighted by atomic mass is 32.1. The van der Waals surface area contributed by atoms with E-state index >= 15 is 0 Å². The molecule has 0 aliphatic carbocycles. The van der Waals surface area contributed by atoms with E-state index in [1.807, 2.05) is 36.2 Å². The van der Waals surface area contributed by atoms with E-state index in [1.54, 1.807) is 14.2 Å². The first-order chi connectivity index (χ1) is 9.71. The van der Waals surface area contributed by atoms with Crippen LogP contribution in [0.3, 0.4) is 0 Å². The smallest absolute Gasteiger partial charge is 0.190 e. The van der Waals surface area contributed by atoms with Crippen molar-refractivity contribution in [2.75, 3.05) is 26.2 Å². The topological polar surface area (TPSA) is 54.8 Å².